The summed E-state index contributed by atoms with van der Waals surface area (Å²) in [6, 6.07) is 0.445. The lowest BCUT2D eigenvalue weighted by Crippen LogP contribution is -2.58. The minimum atomic E-state index is 0.215. The van der Waals surface area contributed by atoms with Crippen LogP contribution in [0.4, 0.5) is 0 Å². The van der Waals surface area contributed by atoms with Crippen molar-refractivity contribution >= 4 is 0 Å². The predicted molar refractivity (Wildman–Crippen MR) is 68.5 cm³/mol. The van der Waals surface area contributed by atoms with Gasteiger partial charge in [-0.15, -0.1) is 0 Å². The number of ether oxygens (including phenoxy) is 1. The third-order valence-corrected chi connectivity index (χ3v) is 4.54. The first kappa shape index (κ1) is 13.9. The van der Waals surface area contributed by atoms with Gasteiger partial charge in [-0.3, -0.25) is 4.90 Å². The van der Waals surface area contributed by atoms with Gasteiger partial charge in [0.1, 0.15) is 0 Å². The molecule has 0 aromatic carbocycles. The average molecular weight is 228 g/mol. The Morgan fingerprint density at radius 1 is 1.56 bits per heavy atom. The van der Waals surface area contributed by atoms with E-state index in [1.807, 2.05) is 0 Å². The molecule has 0 heterocycles. The molecule has 3 atom stereocenters. The largest absolute Gasteiger partial charge is 0.383 e. The van der Waals surface area contributed by atoms with Crippen molar-refractivity contribution < 1.29 is 4.74 Å². The van der Waals surface area contributed by atoms with Crippen molar-refractivity contribution in [2.75, 3.05) is 27.3 Å². The van der Waals surface area contributed by atoms with E-state index in [1.54, 1.807) is 7.11 Å². The number of likely N-dealkylation sites (N-methyl/N-ethyl adjacent to an activating group) is 1. The fraction of sp³-hybridized carbons (Fsp3) is 1.00. The summed E-state index contributed by atoms with van der Waals surface area (Å²) in [5, 5.41) is 0. The van der Waals surface area contributed by atoms with E-state index in [0.29, 0.717) is 6.04 Å². The van der Waals surface area contributed by atoms with Crippen molar-refractivity contribution in [3.63, 3.8) is 0 Å². The van der Waals surface area contributed by atoms with Gasteiger partial charge in [-0.2, -0.15) is 0 Å². The number of rotatable bonds is 6. The van der Waals surface area contributed by atoms with Crippen molar-refractivity contribution in [3.8, 4) is 0 Å². The van der Waals surface area contributed by atoms with Crippen LogP contribution in [-0.2, 0) is 4.74 Å². The van der Waals surface area contributed by atoms with Crippen molar-refractivity contribution in [3.05, 3.63) is 0 Å². The molecule has 1 aliphatic rings. The molecule has 16 heavy (non-hydrogen) atoms. The molecular weight excluding hydrogens is 200 g/mol. The summed E-state index contributed by atoms with van der Waals surface area (Å²) in [4.78, 5) is 2.47. The van der Waals surface area contributed by atoms with Crippen LogP contribution in [0.3, 0.4) is 0 Å². The molecule has 0 amide bonds. The lowest BCUT2D eigenvalue weighted by molar-refractivity contribution is 0.0143. The molecule has 0 aromatic rings. The number of hydrogen-bond acceptors (Lipinski definition) is 3. The van der Waals surface area contributed by atoms with Gasteiger partial charge in [0.05, 0.1) is 6.61 Å². The second-order valence-electron chi connectivity index (χ2n) is 5.22. The second-order valence-corrected chi connectivity index (χ2v) is 5.22. The van der Waals surface area contributed by atoms with E-state index in [-0.39, 0.29) is 5.54 Å². The molecule has 3 unspecified atom stereocenters. The maximum absolute atomic E-state index is 6.09. The smallest absolute Gasteiger partial charge is 0.0615 e. The van der Waals surface area contributed by atoms with Crippen molar-refractivity contribution in [1.29, 1.82) is 0 Å². The van der Waals surface area contributed by atoms with Crippen LogP contribution in [0.5, 0.6) is 0 Å². The molecule has 0 saturated heterocycles. The number of nitrogens with two attached hydrogens (primary N) is 1. The second kappa shape index (κ2) is 5.99. The Morgan fingerprint density at radius 2 is 2.25 bits per heavy atom. The van der Waals surface area contributed by atoms with Gasteiger partial charge in [0, 0.05) is 25.2 Å². The standard InChI is InChI=1S/C13H28N2O/c1-5-12-7-6-8-13(12,10-14)15(3)11(2)9-16-4/h11-12H,5-10,14H2,1-4H3. The zero-order chi connectivity index (χ0) is 12.2. The van der Waals surface area contributed by atoms with Crippen LogP contribution < -0.4 is 5.73 Å². The third-order valence-electron chi connectivity index (χ3n) is 4.54. The molecule has 3 nitrogen and oxygen atoms in total. The summed E-state index contributed by atoms with van der Waals surface area (Å²) in [6.07, 6.45) is 5.13. The molecule has 0 aromatic heterocycles. The zero-order valence-electron chi connectivity index (χ0n) is 11.3. The number of hydrogen-bond donors (Lipinski definition) is 1. The van der Waals surface area contributed by atoms with Crippen LogP contribution >= 0.6 is 0 Å². The summed E-state index contributed by atoms with van der Waals surface area (Å²) >= 11 is 0. The van der Waals surface area contributed by atoms with Crippen molar-refractivity contribution in [2.45, 2.75) is 51.1 Å². The first-order valence-corrected chi connectivity index (χ1v) is 6.54. The van der Waals surface area contributed by atoms with Crippen LogP contribution in [0, 0.1) is 5.92 Å². The molecular formula is C13H28N2O. The zero-order valence-corrected chi connectivity index (χ0v) is 11.3. The highest BCUT2D eigenvalue weighted by molar-refractivity contribution is 5.01. The summed E-state index contributed by atoms with van der Waals surface area (Å²) in [6.45, 7) is 6.08. The lowest BCUT2D eigenvalue weighted by atomic mass is 9.83. The quantitative estimate of drug-likeness (QED) is 0.754. The maximum Gasteiger partial charge on any atom is 0.0615 e. The van der Waals surface area contributed by atoms with Crippen molar-refractivity contribution in [2.24, 2.45) is 11.7 Å². The Bertz CT molecular complexity index is 210. The van der Waals surface area contributed by atoms with Crippen LogP contribution in [0.15, 0.2) is 0 Å². The van der Waals surface area contributed by atoms with E-state index >= 15 is 0 Å². The fourth-order valence-electron chi connectivity index (χ4n) is 3.38. The van der Waals surface area contributed by atoms with E-state index < -0.39 is 0 Å². The molecule has 1 rings (SSSR count). The van der Waals surface area contributed by atoms with Crippen LogP contribution in [-0.4, -0.2) is 43.8 Å². The SMILES string of the molecule is CCC1CCCC1(CN)N(C)C(C)COC. The number of nitrogens with zero attached hydrogens (tertiary/aromatic N) is 1. The predicted octanol–water partition coefficient (Wildman–Crippen LogP) is 1.86. The Morgan fingerprint density at radius 3 is 2.75 bits per heavy atom. The highest BCUT2D eigenvalue weighted by atomic mass is 16.5. The minimum Gasteiger partial charge on any atom is -0.383 e. The van der Waals surface area contributed by atoms with Crippen LogP contribution in [0.1, 0.15) is 39.5 Å². The van der Waals surface area contributed by atoms with Crippen LogP contribution in [0.2, 0.25) is 0 Å². The van der Waals surface area contributed by atoms with Gasteiger partial charge in [-0.25, -0.2) is 0 Å². The van der Waals surface area contributed by atoms with Gasteiger partial charge >= 0.3 is 0 Å². The maximum atomic E-state index is 6.09. The summed E-state index contributed by atoms with van der Waals surface area (Å²) in [7, 11) is 3.98. The van der Waals surface area contributed by atoms with Crippen LogP contribution in [0.25, 0.3) is 0 Å². The van der Waals surface area contributed by atoms with E-state index in [2.05, 4.69) is 25.8 Å². The van der Waals surface area contributed by atoms with Gasteiger partial charge in [-0.1, -0.05) is 19.8 Å². The highest BCUT2D eigenvalue weighted by Crippen LogP contribution is 2.41. The third kappa shape index (κ3) is 2.41. The highest BCUT2D eigenvalue weighted by Gasteiger charge is 2.45. The molecule has 0 radical (unpaired) electrons. The topological polar surface area (TPSA) is 38.5 Å². The van der Waals surface area contributed by atoms with E-state index in [0.717, 1.165) is 19.1 Å². The number of methoxy groups -OCH3 is 1. The minimum absolute atomic E-state index is 0.215. The average Bonchev–Trinajstić information content (AvgIpc) is 2.72. The van der Waals surface area contributed by atoms with E-state index in [4.69, 9.17) is 10.5 Å². The molecule has 0 bridgehead atoms. The molecule has 1 aliphatic carbocycles. The Balaban J connectivity index is 2.78. The van der Waals surface area contributed by atoms with Gasteiger partial charge in [0.25, 0.3) is 0 Å². The van der Waals surface area contributed by atoms with Gasteiger partial charge in [0.2, 0.25) is 0 Å². The fourth-order valence-corrected chi connectivity index (χ4v) is 3.38. The summed E-state index contributed by atoms with van der Waals surface area (Å²) < 4.78 is 5.26. The first-order valence-electron chi connectivity index (χ1n) is 6.54. The van der Waals surface area contributed by atoms with Gasteiger partial charge < -0.3 is 10.5 Å². The molecule has 2 N–H and O–H groups in total. The Hall–Kier alpha value is -0.120. The summed E-state index contributed by atoms with van der Waals surface area (Å²) in [5.41, 5.74) is 6.30. The molecule has 0 aliphatic heterocycles. The molecule has 96 valence electrons. The first-order chi connectivity index (χ1) is 7.62. The molecule has 3 heteroatoms. The van der Waals surface area contributed by atoms with E-state index in [9.17, 15) is 0 Å². The Kier molecular flexibility index (Phi) is 5.22. The molecule has 1 saturated carbocycles. The molecule has 1 fully saturated rings. The van der Waals surface area contributed by atoms with Crippen molar-refractivity contribution in [1.82, 2.24) is 4.90 Å². The van der Waals surface area contributed by atoms with E-state index in [1.165, 1.54) is 25.7 Å². The van der Waals surface area contributed by atoms with Gasteiger partial charge in [0.15, 0.2) is 0 Å². The monoisotopic (exact) mass is 228 g/mol. The lowest BCUT2D eigenvalue weighted by Gasteiger charge is -2.45. The normalized spacial score (nSPS) is 32.2. The van der Waals surface area contributed by atoms with Gasteiger partial charge in [-0.05, 0) is 32.7 Å². The molecule has 0 spiro atoms. The summed E-state index contributed by atoms with van der Waals surface area (Å²) in [5.74, 6) is 0.752. The Labute approximate surface area is 100 Å².